The molecule has 0 fully saturated rings. The van der Waals surface area contributed by atoms with Crippen molar-refractivity contribution in [3.8, 4) is 0 Å². The smallest absolute Gasteiger partial charge is 0.128 e. The lowest BCUT2D eigenvalue weighted by atomic mass is 10.0. The fraction of sp³-hybridized carbons (Fsp3) is 0.429. The monoisotopic (exact) mass is 123 g/mol. The van der Waals surface area contributed by atoms with Crippen LogP contribution in [0.25, 0.3) is 0 Å². The van der Waals surface area contributed by atoms with Gasteiger partial charge in [-0.05, 0) is 13.0 Å². The van der Waals surface area contributed by atoms with Gasteiger partial charge in [0.2, 0.25) is 0 Å². The van der Waals surface area contributed by atoms with Gasteiger partial charge in [-0.2, -0.15) is 0 Å². The van der Waals surface area contributed by atoms with Crippen molar-refractivity contribution in [2.24, 2.45) is 10.9 Å². The van der Waals surface area contributed by atoms with Crippen LogP contribution in [0.5, 0.6) is 0 Å². The van der Waals surface area contributed by atoms with E-state index in [0.29, 0.717) is 0 Å². The summed E-state index contributed by atoms with van der Waals surface area (Å²) in [6.07, 6.45) is 6.33. The molecule has 2 unspecified atom stereocenters. The maximum atomic E-state index is 10.2. The van der Waals surface area contributed by atoms with Crippen molar-refractivity contribution in [1.82, 2.24) is 0 Å². The summed E-state index contributed by atoms with van der Waals surface area (Å²) in [5.41, 5.74) is 0. The van der Waals surface area contributed by atoms with Crippen LogP contribution in [0.15, 0.2) is 17.1 Å². The molecule has 2 atom stereocenters. The van der Waals surface area contributed by atoms with Crippen molar-refractivity contribution in [1.29, 1.82) is 0 Å². The number of rotatable bonds is 1. The Labute approximate surface area is 54.3 Å². The summed E-state index contributed by atoms with van der Waals surface area (Å²) in [6.45, 7) is 1.93. The first kappa shape index (κ1) is 6.20. The van der Waals surface area contributed by atoms with Crippen LogP contribution in [0.4, 0.5) is 0 Å². The zero-order chi connectivity index (χ0) is 6.69. The second kappa shape index (κ2) is 2.58. The van der Waals surface area contributed by atoms with Crippen LogP contribution >= 0.6 is 0 Å². The van der Waals surface area contributed by atoms with Gasteiger partial charge in [-0.25, -0.2) is 0 Å². The molecule has 2 heteroatoms. The molecule has 0 saturated carbocycles. The number of nitrogens with zero attached hydrogens (tertiary/aromatic N) is 1. The number of allylic oxidation sites excluding steroid dienone is 1. The maximum Gasteiger partial charge on any atom is 0.128 e. The summed E-state index contributed by atoms with van der Waals surface area (Å²) < 4.78 is 0. The van der Waals surface area contributed by atoms with Gasteiger partial charge in [0, 0.05) is 6.21 Å². The molecule has 2 nitrogen and oxygen atoms in total. The van der Waals surface area contributed by atoms with E-state index >= 15 is 0 Å². The largest absolute Gasteiger partial charge is 0.303 e. The maximum absolute atomic E-state index is 10.2. The van der Waals surface area contributed by atoms with E-state index in [1.807, 2.05) is 13.0 Å². The Balaban J connectivity index is 2.65. The Bertz CT molecular complexity index is 160. The molecule has 0 aromatic carbocycles. The van der Waals surface area contributed by atoms with E-state index in [0.717, 1.165) is 6.29 Å². The van der Waals surface area contributed by atoms with Crippen molar-refractivity contribution in [3.63, 3.8) is 0 Å². The SMILES string of the molecule is CC1N=CC=CC1C=O. The van der Waals surface area contributed by atoms with Crippen LogP contribution in [0.2, 0.25) is 0 Å². The summed E-state index contributed by atoms with van der Waals surface area (Å²) >= 11 is 0. The Morgan fingerprint density at radius 2 is 2.44 bits per heavy atom. The highest BCUT2D eigenvalue weighted by Gasteiger charge is 2.12. The molecule has 0 aliphatic carbocycles. The molecule has 1 aliphatic rings. The van der Waals surface area contributed by atoms with Crippen molar-refractivity contribution in [2.45, 2.75) is 13.0 Å². The third-order valence-corrected chi connectivity index (χ3v) is 1.45. The molecule has 48 valence electrons. The molecular weight excluding hydrogens is 114 g/mol. The predicted octanol–water partition coefficient (Wildman–Crippen LogP) is 0.831. The van der Waals surface area contributed by atoms with E-state index in [-0.39, 0.29) is 12.0 Å². The Hall–Kier alpha value is -0.920. The molecule has 0 aromatic rings. The first-order chi connectivity index (χ1) is 4.34. The van der Waals surface area contributed by atoms with E-state index in [9.17, 15) is 4.79 Å². The van der Waals surface area contributed by atoms with Crippen molar-refractivity contribution in [3.05, 3.63) is 12.2 Å². The second-order valence-electron chi connectivity index (χ2n) is 2.14. The highest BCUT2D eigenvalue weighted by Crippen LogP contribution is 2.08. The summed E-state index contributed by atoms with van der Waals surface area (Å²) in [5, 5.41) is 0. The first-order valence-electron chi connectivity index (χ1n) is 3.00. The minimum Gasteiger partial charge on any atom is -0.303 e. The third kappa shape index (κ3) is 1.25. The predicted molar refractivity (Wildman–Crippen MR) is 36.6 cm³/mol. The van der Waals surface area contributed by atoms with Crippen LogP contribution in [0, 0.1) is 5.92 Å². The summed E-state index contributed by atoms with van der Waals surface area (Å²) in [7, 11) is 0. The Kier molecular flexibility index (Phi) is 1.78. The molecule has 0 aromatic heterocycles. The molecule has 9 heavy (non-hydrogen) atoms. The van der Waals surface area contributed by atoms with Gasteiger partial charge in [0.25, 0.3) is 0 Å². The van der Waals surface area contributed by atoms with E-state index in [1.165, 1.54) is 0 Å². The quantitative estimate of drug-likeness (QED) is 0.475. The molecule has 0 amide bonds. The van der Waals surface area contributed by atoms with Crippen LogP contribution < -0.4 is 0 Å². The number of aliphatic imine (C=N–C) groups is 1. The summed E-state index contributed by atoms with van der Waals surface area (Å²) in [6, 6.07) is 0.132. The molecule has 0 saturated heterocycles. The Morgan fingerprint density at radius 3 is 2.89 bits per heavy atom. The Morgan fingerprint density at radius 1 is 1.67 bits per heavy atom. The standard InChI is InChI=1S/C7H9NO/c1-6-7(5-9)3-2-4-8-6/h2-7H,1H3. The van der Waals surface area contributed by atoms with Crippen LogP contribution in [-0.4, -0.2) is 18.5 Å². The van der Waals surface area contributed by atoms with E-state index in [2.05, 4.69) is 4.99 Å². The van der Waals surface area contributed by atoms with Gasteiger partial charge in [-0.1, -0.05) is 6.08 Å². The fourth-order valence-corrected chi connectivity index (χ4v) is 0.783. The van der Waals surface area contributed by atoms with Gasteiger partial charge < -0.3 is 4.79 Å². The minimum atomic E-state index is -0.00463. The first-order valence-corrected chi connectivity index (χ1v) is 3.00. The summed E-state index contributed by atoms with van der Waals surface area (Å²) in [4.78, 5) is 14.3. The van der Waals surface area contributed by atoms with Crippen LogP contribution in [0.1, 0.15) is 6.92 Å². The molecular formula is C7H9NO. The number of hydrogen-bond acceptors (Lipinski definition) is 2. The lowest BCUT2D eigenvalue weighted by molar-refractivity contribution is -0.110. The number of carbonyl (C=O) groups is 1. The van der Waals surface area contributed by atoms with Gasteiger partial charge >= 0.3 is 0 Å². The molecule has 0 N–H and O–H groups in total. The van der Waals surface area contributed by atoms with Crippen molar-refractivity contribution < 1.29 is 4.79 Å². The highest BCUT2D eigenvalue weighted by atomic mass is 16.1. The molecule has 0 radical (unpaired) electrons. The molecule has 1 heterocycles. The van der Waals surface area contributed by atoms with Gasteiger partial charge in [-0.3, -0.25) is 4.99 Å². The van der Waals surface area contributed by atoms with Gasteiger partial charge in [0.05, 0.1) is 12.0 Å². The van der Waals surface area contributed by atoms with Crippen molar-refractivity contribution in [2.75, 3.05) is 0 Å². The molecule has 1 aliphatic heterocycles. The zero-order valence-corrected chi connectivity index (χ0v) is 5.32. The fourth-order valence-electron chi connectivity index (χ4n) is 0.783. The van der Waals surface area contributed by atoms with Crippen molar-refractivity contribution >= 4 is 12.5 Å². The number of hydrogen-bond donors (Lipinski definition) is 0. The molecule has 1 rings (SSSR count). The van der Waals surface area contributed by atoms with E-state index in [4.69, 9.17) is 0 Å². The van der Waals surface area contributed by atoms with Gasteiger partial charge in [0.1, 0.15) is 6.29 Å². The number of carbonyl (C=O) groups excluding carboxylic acids is 1. The average Bonchev–Trinajstić information content (AvgIpc) is 1.89. The number of aldehydes is 1. The third-order valence-electron chi connectivity index (χ3n) is 1.45. The second-order valence-corrected chi connectivity index (χ2v) is 2.14. The molecule has 0 spiro atoms. The minimum absolute atomic E-state index is 0.00463. The summed E-state index contributed by atoms with van der Waals surface area (Å²) in [5.74, 6) is -0.00463. The highest BCUT2D eigenvalue weighted by molar-refractivity contribution is 5.75. The topological polar surface area (TPSA) is 29.4 Å². The van der Waals surface area contributed by atoms with E-state index < -0.39 is 0 Å². The zero-order valence-electron chi connectivity index (χ0n) is 5.32. The lowest BCUT2D eigenvalue weighted by Crippen LogP contribution is -2.16. The van der Waals surface area contributed by atoms with Crippen LogP contribution in [0.3, 0.4) is 0 Å². The normalized spacial score (nSPS) is 32.6. The van der Waals surface area contributed by atoms with Gasteiger partial charge in [0.15, 0.2) is 0 Å². The average molecular weight is 123 g/mol. The van der Waals surface area contributed by atoms with E-state index in [1.54, 1.807) is 12.3 Å². The lowest BCUT2D eigenvalue weighted by Gasteiger charge is -2.11. The van der Waals surface area contributed by atoms with Crippen LogP contribution in [-0.2, 0) is 4.79 Å². The molecule has 0 bridgehead atoms. The van der Waals surface area contributed by atoms with Gasteiger partial charge in [-0.15, -0.1) is 0 Å². The number of dihydropyridines is 1.